The second-order valence-corrected chi connectivity index (χ2v) is 9.61. The standard InChI is InChI=1S/C21H22Cl2N4O4S2/c1-4-13-9-14(20(29)30-5-2)19(33-13)24-18(28)11-32-21-26-25-17(27(21)3)10-31-16-7-6-12(22)8-15(16)23/h6-9H,4-5,10-11H2,1-3H3,(H,24,28). The molecule has 176 valence electrons. The van der Waals surface area contributed by atoms with Gasteiger partial charge in [-0.15, -0.1) is 21.5 Å². The molecule has 0 saturated heterocycles. The quantitative estimate of drug-likeness (QED) is 0.284. The van der Waals surface area contributed by atoms with Gasteiger partial charge in [-0.3, -0.25) is 4.79 Å². The first-order valence-electron chi connectivity index (χ1n) is 10.0. The molecule has 3 aromatic rings. The zero-order chi connectivity index (χ0) is 24.0. The average Bonchev–Trinajstić information content (AvgIpc) is 3.35. The topological polar surface area (TPSA) is 95.3 Å². The number of nitrogens with one attached hydrogen (secondary N) is 1. The van der Waals surface area contributed by atoms with E-state index in [9.17, 15) is 9.59 Å². The fourth-order valence-corrected chi connectivity index (χ4v) is 4.89. The predicted molar refractivity (Wildman–Crippen MR) is 131 cm³/mol. The molecular weight excluding hydrogens is 507 g/mol. The maximum Gasteiger partial charge on any atom is 0.341 e. The maximum atomic E-state index is 12.5. The molecule has 33 heavy (non-hydrogen) atoms. The van der Waals surface area contributed by atoms with E-state index in [0.717, 1.165) is 11.3 Å². The van der Waals surface area contributed by atoms with Gasteiger partial charge in [0, 0.05) is 16.9 Å². The number of carbonyl (C=O) groups is 2. The summed E-state index contributed by atoms with van der Waals surface area (Å²) >= 11 is 14.6. The second kappa shape index (κ2) is 11.7. The van der Waals surface area contributed by atoms with E-state index < -0.39 is 5.97 Å². The number of thioether (sulfide) groups is 1. The summed E-state index contributed by atoms with van der Waals surface area (Å²) in [4.78, 5) is 25.7. The molecule has 1 amide bonds. The lowest BCUT2D eigenvalue weighted by molar-refractivity contribution is -0.113. The lowest BCUT2D eigenvalue weighted by atomic mass is 10.2. The van der Waals surface area contributed by atoms with E-state index in [0.29, 0.717) is 37.3 Å². The molecule has 1 aromatic carbocycles. The number of rotatable bonds is 10. The van der Waals surface area contributed by atoms with Crippen LogP contribution in [0, 0.1) is 0 Å². The zero-order valence-corrected chi connectivity index (χ0v) is 21.3. The van der Waals surface area contributed by atoms with Gasteiger partial charge in [-0.05, 0) is 37.6 Å². The van der Waals surface area contributed by atoms with Gasteiger partial charge in [0.05, 0.1) is 22.9 Å². The van der Waals surface area contributed by atoms with Crippen LogP contribution >= 0.6 is 46.3 Å². The third kappa shape index (κ3) is 6.63. The second-order valence-electron chi connectivity index (χ2n) is 6.69. The first-order chi connectivity index (χ1) is 15.8. The fourth-order valence-electron chi connectivity index (χ4n) is 2.69. The first kappa shape index (κ1) is 25.4. The summed E-state index contributed by atoms with van der Waals surface area (Å²) in [5, 5.41) is 13.0. The van der Waals surface area contributed by atoms with Gasteiger partial charge in [-0.1, -0.05) is 41.9 Å². The minimum Gasteiger partial charge on any atom is -0.484 e. The SMILES string of the molecule is CCOC(=O)c1cc(CC)sc1NC(=O)CSc1nnc(COc2ccc(Cl)cc2Cl)n1C. The number of amides is 1. The molecular formula is C21H22Cl2N4O4S2. The van der Waals surface area contributed by atoms with Crippen LogP contribution in [0.25, 0.3) is 0 Å². The van der Waals surface area contributed by atoms with Crippen molar-refractivity contribution in [3.8, 4) is 5.75 Å². The summed E-state index contributed by atoms with van der Waals surface area (Å²) in [5.41, 5.74) is 0.371. The van der Waals surface area contributed by atoms with E-state index >= 15 is 0 Å². The molecule has 0 atom stereocenters. The molecule has 0 bridgehead atoms. The van der Waals surface area contributed by atoms with Crippen LogP contribution in [0.1, 0.15) is 34.9 Å². The van der Waals surface area contributed by atoms with Crippen LogP contribution < -0.4 is 10.1 Å². The number of ether oxygens (including phenoxy) is 2. The number of aryl methyl sites for hydroxylation is 1. The number of hydrogen-bond acceptors (Lipinski definition) is 8. The Kier molecular flexibility index (Phi) is 9.02. The predicted octanol–water partition coefficient (Wildman–Crippen LogP) is 5.23. The van der Waals surface area contributed by atoms with Crippen LogP contribution in [0.3, 0.4) is 0 Å². The molecule has 1 N–H and O–H groups in total. The minimum atomic E-state index is -0.449. The van der Waals surface area contributed by atoms with Crippen molar-refractivity contribution < 1.29 is 19.1 Å². The van der Waals surface area contributed by atoms with E-state index in [1.54, 1.807) is 42.8 Å². The Hall–Kier alpha value is -2.27. The van der Waals surface area contributed by atoms with Gasteiger partial charge in [0.2, 0.25) is 5.91 Å². The summed E-state index contributed by atoms with van der Waals surface area (Å²) in [6.45, 7) is 4.14. The zero-order valence-electron chi connectivity index (χ0n) is 18.2. The molecule has 0 spiro atoms. The first-order valence-corrected chi connectivity index (χ1v) is 12.6. The van der Waals surface area contributed by atoms with E-state index in [2.05, 4.69) is 15.5 Å². The Bertz CT molecular complexity index is 1150. The number of aromatic nitrogens is 3. The summed E-state index contributed by atoms with van der Waals surface area (Å²) in [6, 6.07) is 6.72. The Morgan fingerprint density at radius 2 is 2.00 bits per heavy atom. The highest BCUT2D eigenvalue weighted by Crippen LogP contribution is 2.30. The summed E-state index contributed by atoms with van der Waals surface area (Å²) < 4.78 is 12.5. The number of carbonyl (C=O) groups excluding carboxylic acids is 2. The van der Waals surface area contributed by atoms with Crippen molar-refractivity contribution in [2.24, 2.45) is 7.05 Å². The number of nitrogens with zero attached hydrogens (tertiary/aromatic N) is 3. The van der Waals surface area contributed by atoms with Gasteiger partial charge in [-0.2, -0.15) is 0 Å². The fraction of sp³-hybridized carbons (Fsp3) is 0.333. The number of esters is 1. The molecule has 0 radical (unpaired) electrons. The highest BCUT2D eigenvalue weighted by molar-refractivity contribution is 7.99. The Morgan fingerprint density at radius 1 is 1.21 bits per heavy atom. The number of hydrogen-bond donors (Lipinski definition) is 1. The van der Waals surface area contributed by atoms with Gasteiger partial charge in [0.1, 0.15) is 17.4 Å². The molecule has 12 heteroatoms. The van der Waals surface area contributed by atoms with Gasteiger partial charge >= 0.3 is 5.97 Å². The lowest BCUT2D eigenvalue weighted by Crippen LogP contribution is -2.16. The molecule has 0 saturated carbocycles. The summed E-state index contributed by atoms with van der Waals surface area (Å²) in [5.74, 6) is 0.438. The molecule has 2 heterocycles. The van der Waals surface area contributed by atoms with E-state index in [4.69, 9.17) is 32.7 Å². The van der Waals surface area contributed by atoms with Crippen molar-refractivity contribution in [3.63, 3.8) is 0 Å². The number of anilines is 1. The number of benzene rings is 1. The Labute approximate surface area is 209 Å². The van der Waals surface area contributed by atoms with Gasteiger partial charge in [0.15, 0.2) is 11.0 Å². The van der Waals surface area contributed by atoms with Crippen LogP contribution in [-0.4, -0.2) is 39.0 Å². The van der Waals surface area contributed by atoms with Crippen LogP contribution in [0.5, 0.6) is 5.75 Å². The summed E-state index contributed by atoms with van der Waals surface area (Å²) in [6.07, 6.45) is 0.757. The molecule has 0 aliphatic rings. The number of thiophene rings is 1. The van der Waals surface area contributed by atoms with E-state index in [-0.39, 0.29) is 24.9 Å². The van der Waals surface area contributed by atoms with E-state index in [1.165, 1.54) is 23.1 Å². The van der Waals surface area contributed by atoms with Crippen LogP contribution in [0.2, 0.25) is 10.0 Å². The van der Waals surface area contributed by atoms with Gasteiger partial charge in [0.25, 0.3) is 0 Å². The maximum absolute atomic E-state index is 12.5. The van der Waals surface area contributed by atoms with Crippen molar-refractivity contribution in [2.75, 3.05) is 17.7 Å². The molecule has 8 nitrogen and oxygen atoms in total. The van der Waals surface area contributed by atoms with Gasteiger partial charge < -0.3 is 19.4 Å². The molecule has 0 aliphatic carbocycles. The van der Waals surface area contributed by atoms with Crippen molar-refractivity contribution in [1.82, 2.24) is 14.8 Å². The molecule has 0 fully saturated rings. The largest absolute Gasteiger partial charge is 0.484 e. The number of halogens is 2. The van der Waals surface area contributed by atoms with Crippen LogP contribution in [0.15, 0.2) is 29.4 Å². The van der Waals surface area contributed by atoms with Crippen molar-refractivity contribution >= 4 is 63.2 Å². The molecule has 2 aromatic heterocycles. The van der Waals surface area contributed by atoms with Crippen LogP contribution in [-0.2, 0) is 29.6 Å². The highest BCUT2D eigenvalue weighted by atomic mass is 35.5. The monoisotopic (exact) mass is 528 g/mol. The van der Waals surface area contributed by atoms with Gasteiger partial charge in [-0.25, -0.2) is 4.79 Å². The smallest absolute Gasteiger partial charge is 0.341 e. The van der Waals surface area contributed by atoms with Crippen molar-refractivity contribution in [2.45, 2.75) is 32.0 Å². The van der Waals surface area contributed by atoms with E-state index in [1.807, 2.05) is 6.92 Å². The van der Waals surface area contributed by atoms with Crippen molar-refractivity contribution in [1.29, 1.82) is 0 Å². The highest BCUT2D eigenvalue weighted by Gasteiger charge is 2.19. The molecule has 0 unspecified atom stereocenters. The Balaban J connectivity index is 1.58. The molecule has 3 rings (SSSR count). The lowest BCUT2D eigenvalue weighted by Gasteiger charge is -2.08. The third-order valence-corrected chi connectivity index (χ3v) is 7.13. The van der Waals surface area contributed by atoms with Crippen molar-refractivity contribution in [3.05, 3.63) is 50.6 Å². The Morgan fingerprint density at radius 3 is 2.70 bits per heavy atom. The normalized spacial score (nSPS) is 10.8. The van der Waals surface area contributed by atoms with Crippen LogP contribution in [0.4, 0.5) is 5.00 Å². The average molecular weight is 529 g/mol. The summed E-state index contributed by atoms with van der Waals surface area (Å²) in [7, 11) is 1.79. The molecule has 0 aliphatic heterocycles. The third-order valence-electron chi connectivity index (χ3n) is 4.39. The minimum absolute atomic E-state index is 0.0947.